The second kappa shape index (κ2) is 49.2. The van der Waals surface area contributed by atoms with Crippen molar-refractivity contribution >= 4 is 8.60 Å². The van der Waals surface area contributed by atoms with Crippen LogP contribution < -0.4 is 0 Å². The molecule has 0 aliphatic carbocycles. The van der Waals surface area contributed by atoms with E-state index in [1.807, 2.05) is 0 Å². The van der Waals surface area contributed by atoms with Gasteiger partial charge in [-0.3, -0.25) is 0 Å². The summed E-state index contributed by atoms with van der Waals surface area (Å²) in [4.78, 5) is 12.0. The first kappa shape index (κ1) is 62.3. The standard InChI is InChI=1S/C58H119O3P/c1-7-13-19-25-31-33-34-36-38-44-50-56-60-62(59)61-58(54-48-42-29-23-17-11-5,55-49-43-30-24-18-12-6)57(51-45-39-27-21-15-9-3,52-46-40-28-22-16-10-4)53-47-41-37-35-32-26-20-14-8-2/h59H,7-56H2,1-6H3. The summed E-state index contributed by atoms with van der Waals surface area (Å²) >= 11 is 0. The van der Waals surface area contributed by atoms with Crippen LogP contribution in [0.5, 0.6) is 0 Å². The minimum Gasteiger partial charge on any atom is -0.328 e. The van der Waals surface area contributed by atoms with Gasteiger partial charge in [0.25, 0.3) is 0 Å². The molecule has 0 saturated carbocycles. The fourth-order valence-corrected chi connectivity index (χ4v) is 11.6. The van der Waals surface area contributed by atoms with E-state index in [9.17, 15) is 4.89 Å². The fraction of sp³-hybridized carbons (Fsp3) is 1.00. The van der Waals surface area contributed by atoms with Gasteiger partial charge in [-0.25, -0.2) is 0 Å². The predicted molar refractivity (Wildman–Crippen MR) is 282 cm³/mol. The van der Waals surface area contributed by atoms with E-state index < -0.39 is 8.60 Å². The van der Waals surface area contributed by atoms with E-state index in [1.54, 1.807) is 0 Å². The normalized spacial score (nSPS) is 12.8. The third kappa shape index (κ3) is 36.4. The third-order valence-corrected chi connectivity index (χ3v) is 15.7. The zero-order chi connectivity index (χ0) is 45.3. The molecule has 0 amide bonds. The summed E-state index contributed by atoms with van der Waals surface area (Å²) in [7, 11) is -1.92. The Morgan fingerprint density at radius 1 is 0.274 bits per heavy atom. The van der Waals surface area contributed by atoms with Gasteiger partial charge < -0.3 is 13.9 Å². The fourth-order valence-electron chi connectivity index (χ4n) is 10.6. The van der Waals surface area contributed by atoms with Crippen LogP contribution >= 0.6 is 8.60 Å². The second-order valence-electron chi connectivity index (χ2n) is 20.6. The highest BCUT2D eigenvalue weighted by Crippen LogP contribution is 2.58. The van der Waals surface area contributed by atoms with E-state index in [0.29, 0.717) is 6.61 Å². The first-order valence-electron chi connectivity index (χ1n) is 29.3. The quantitative estimate of drug-likeness (QED) is 0.0488. The van der Waals surface area contributed by atoms with Crippen LogP contribution in [0.15, 0.2) is 0 Å². The lowest BCUT2D eigenvalue weighted by molar-refractivity contribution is -0.104. The molecule has 0 spiro atoms. The van der Waals surface area contributed by atoms with Gasteiger partial charge in [0.2, 0.25) is 0 Å². The average Bonchev–Trinajstić information content (AvgIpc) is 3.27. The molecule has 4 heteroatoms. The van der Waals surface area contributed by atoms with Gasteiger partial charge in [0.05, 0.1) is 12.2 Å². The summed E-state index contributed by atoms with van der Waals surface area (Å²) in [5.74, 6) is 0. The molecule has 0 aromatic heterocycles. The van der Waals surface area contributed by atoms with Gasteiger partial charge in [0, 0.05) is 0 Å². The Kier molecular flexibility index (Phi) is 49.5. The average molecular weight is 896 g/mol. The first-order valence-corrected chi connectivity index (χ1v) is 30.4. The summed E-state index contributed by atoms with van der Waals surface area (Å²) in [6.45, 7) is 14.6. The number of unbranched alkanes of at least 4 members (excludes halogenated alkanes) is 38. The van der Waals surface area contributed by atoms with Gasteiger partial charge in [-0.15, -0.1) is 0 Å². The monoisotopic (exact) mass is 895 g/mol. The molecule has 374 valence electrons. The van der Waals surface area contributed by atoms with Crippen molar-refractivity contribution in [3.05, 3.63) is 0 Å². The van der Waals surface area contributed by atoms with E-state index in [2.05, 4.69) is 41.5 Å². The molecule has 1 atom stereocenters. The highest BCUT2D eigenvalue weighted by atomic mass is 31.2. The van der Waals surface area contributed by atoms with Crippen LogP contribution in [-0.4, -0.2) is 17.1 Å². The van der Waals surface area contributed by atoms with Gasteiger partial charge >= 0.3 is 8.60 Å². The molecule has 1 unspecified atom stereocenters. The van der Waals surface area contributed by atoms with E-state index in [1.165, 1.54) is 295 Å². The number of hydrogen-bond donors (Lipinski definition) is 1. The van der Waals surface area contributed by atoms with Crippen molar-refractivity contribution in [2.75, 3.05) is 6.61 Å². The maximum atomic E-state index is 12.0. The Labute approximate surface area is 394 Å². The molecule has 0 fully saturated rings. The Bertz CT molecular complexity index is 801. The Morgan fingerprint density at radius 2 is 0.484 bits per heavy atom. The summed E-state index contributed by atoms with van der Waals surface area (Å²) in [5.41, 5.74) is -0.188. The lowest BCUT2D eigenvalue weighted by atomic mass is 9.59. The minimum absolute atomic E-state index is 0.111. The van der Waals surface area contributed by atoms with Crippen molar-refractivity contribution in [1.29, 1.82) is 0 Å². The van der Waals surface area contributed by atoms with Crippen molar-refractivity contribution < 1.29 is 13.9 Å². The van der Waals surface area contributed by atoms with Crippen molar-refractivity contribution in [3.63, 3.8) is 0 Å². The van der Waals surface area contributed by atoms with Crippen LogP contribution in [0.3, 0.4) is 0 Å². The Balaban J connectivity index is 6.49. The van der Waals surface area contributed by atoms with Crippen LogP contribution in [-0.2, 0) is 9.05 Å². The molecule has 0 aliphatic heterocycles. The van der Waals surface area contributed by atoms with Crippen LogP contribution in [0, 0.1) is 5.41 Å². The number of rotatable bonds is 54. The molecular weight excluding hydrogens is 776 g/mol. The van der Waals surface area contributed by atoms with Crippen LogP contribution in [0.2, 0.25) is 0 Å². The molecule has 0 saturated heterocycles. The molecule has 0 aromatic carbocycles. The van der Waals surface area contributed by atoms with E-state index in [4.69, 9.17) is 9.05 Å². The summed E-state index contributed by atoms with van der Waals surface area (Å²) in [6, 6.07) is 0. The SMILES string of the molecule is CCCCCCCCCCCCCOP(O)OC(CCCCCCCC)(CCCCCCCC)C(CCCCCCCC)(CCCCCCCC)CCCCCCCCCCC. The smallest absolute Gasteiger partial charge is 0.328 e. The van der Waals surface area contributed by atoms with Crippen LogP contribution in [0.25, 0.3) is 0 Å². The molecule has 0 aliphatic rings. The Morgan fingerprint density at radius 3 is 0.742 bits per heavy atom. The van der Waals surface area contributed by atoms with Crippen molar-refractivity contribution in [3.8, 4) is 0 Å². The van der Waals surface area contributed by atoms with Crippen LogP contribution in [0.4, 0.5) is 0 Å². The third-order valence-electron chi connectivity index (χ3n) is 14.8. The summed E-state index contributed by atoms with van der Waals surface area (Å²) in [6.07, 6.45) is 65.1. The lowest BCUT2D eigenvalue weighted by Crippen LogP contribution is -2.50. The molecular formula is C58H119O3P. The highest BCUT2D eigenvalue weighted by molar-refractivity contribution is 7.40. The molecule has 1 N–H and O–H groups in total. The summed E-state index contributed by atoms with van der Waals surface area (Å²) in [5, 5.41) is 0. The molecule has 62 heavy (non-hydrogen) atoms. The van der Waals surface area contributed by atoms with E-state index in [-0.39, 0.29) is 11.0 Å². The molecule has 0 radical (unpaired) electrons. The summed E-state index contributed by atoms with van der Waals surface area (Å²) < 4.78 is 13.9. The lowest BCUT2D eigenvalue weighted by Gasteiger charge is -2.52. The first-order chi connectivity index (χ1) is 30.5. The molecule has 0 bridgehead atoms. The minimum atomic E-state index is -1.92. The molecule has 3 nitrogen and oxygen atoms in total. The maximum Gasteiger partial charge on any atom is 0.330 e. The predicted octanol–water partition coefficient (Wildman–Crippen LogP) is 22.2. The van der Waals surface area contributed by atoms with E-state index in [0.717, 1.165) is 19.3 Å². The van der Waals surface area contributed by atoms with Crippen molar-refractivity contribution in [2.24, 2.45) is 5.41 Å². The van der Waals surface area contributed by atoms with Crippen molar-refractivity contribution in [1.82, 2.24) is 0 Å². The van der Waals surface area contributed by atoms with Gasteiger partial charge in [-0.2, -0.15) is 0 Å². The van der Waals surface area contributed by atoms with E-state index >= 15 is 0 Å². The van der Waals surface area contributed by atoms with Gasteiger partial charge in [0.15, 0.2) is 0 Å². The Hall–Kier alpha value is 0.310. The zero-order valence-corrected chi connectivity index (χ0v) is 45.0. The van der Waals surface area contributed by atoms with Gasteiger partial charge in [-0.05, 0) is 43.9 Å². The molecule has 0 rings (SSSR count). The van der Waals surface area contributed by atoms with Gasteiger partial charge in [0.1, 0.15) is 0 Å². The van der Waals surface area contributed by atoms with Crippen molar-refractivity contribution in [2.45, 2.75) is 362 Å². The largest absolute Gasteiger partial charge is 0.330 e. The molecule has 0 heterocycles. The topological polar surface area (TPSA) is 38.7 Å². The zero-order valence-electron chi connectivity index (χ0n) is 44.1. The van der Waals surface area contributed by atoms with Crippen LogP contribution in [0.1, 0.15) is 356 Å². The maximum absolute atomic E-state index is 12.0. The van der Waals surface area contributed by atoms with Gasteiger partial charge in [-0.1, -0.05) is 318 Å². The highest BCUT2D eigenvalue weighted by Gasteiger charge is 2.51. The second-order valence-corrected chi connectivity index (χ2v) is 21.5. The molecule has 0 aromatic rings. The number of hydrogen-bond acceptors (Lipinski definition) is 3.